The fourth-order valence-electron chi connectivity index (χ4n) is 4.05. The summed E-state index contributed by atoms with van der Waals surface area (Å²) >= 11 is 0. The van der Waals surface area contributed by atoms with Gasteiger partial charge in [0.15, 0.2) is 0 Å². The van der Waals surface area contributed by atoms with E-state index < -0.39 is 0 Å². The van der Waals surface area contributed by atoms with Gasteiger partial charge >= 0.3 is 0 Å². The molecule has 124 valence electrons. The van der Waals surface area contributed by atoms with Gasteiger partial charge in [0, 0.05) is 12.2 Å². The number of aliphatic imine (C=N–C) groups is 1. The van der Waals surface area contributed by atoms with Crippen LogP contribution in [0.15, 0.2) is 29.0 Å². The molecule has 1 aliphatic heterocycles. The van der Waals surface area contributed by atoms with Gasteiger partial charge in [-0.05, 0) is 57.3 Å². The molecule has 5 nitrogen and oxygen atoms in total. The summed E-state index contributed by atoms with van der Waals surface area (Å²) in [6, 6.07) is 0. The lowest BCUT2D eigenvalue weighted by Gasteiger charge is -2.34. The molecule has 23 heavy (non-hydrogen) atoms. The third kappa shape index (κ3) is 2.77. The van der Waals surface area contributed by atoms with Gasteiger partial charge < -0.3 is 4.90 Å². The molecule has 0 bridgehead atoms. The number of nitrogens with zero attached hydrogens (tertiary/aromatic N) is 2. The molecule has 0 aromatic rings. The lowest BCUT2D eigenvalue weighted by Crippen LogP contribution is -2.50. The monoisotopic (exact) mass is 314 g/mol. The Morgan fingerprint density at radius 1 is 1.35 bits per heavy atom. The Balaban J connectivity index is 1.42. The minimum atomic E-state index is -0.0572. The molecule has 1 heterocycles. The van der Waals surface area contributed by atoms with E-state index in [9.17, 15) is 4.79 Å². The van der Waals surface area contributed by atoms with Crippen molar-refractivity contribution in [3.63, 3.8) is 0 Å². The summed E-state index contributed by atoms with van der Waals surface area (Å²) in [7, 11) is 0. The Labute approximate surface area is 137 Å². The van der Waals surface area contributed by atoms with E-state index in [0.717, 1.165) is 44.6 Å². The predicted octanol–water partition coefficient (Wildman–Crippen LogP) is 2.48. The fraction of sp³-hybridized carbons (Fsp3) is 0.667. The van der Waals surface area contributed by atoms with Crippen molar-refractivity contribution in [2.24, 2.45) is 16.3 Å². The SMILES string of the molecule is C=CCN1CC(NNC(=O)C2(C3CC3)CC2)=NC2=C1CCCC2. The van der Waals surface area contributed by atoms with Gasteiger partial charge in [0.05, 0.1) is 17.7 Å². The highest BCUT2D eigenvalue weighted by atomic mass is 16.2. The van der Waals surface area contributed by atoms with Crippen LogP contribution in [0.5, 0.6) is 0 Å². The second kappa shape index (κ2) is 5.69. The maximum absolute atomic E-state index is 12.5. The number of rotatable bonds is 4. The predicted molar refractivity (Wildman–Crippen MR) is 90.4 cm³/mol. The third-order valence-corrected chi connectivity index (χ3v) is 5.67. The van der Waals surface area contributed by atoms with Crippen LogP contribution in [0.3, 0.4) is 0 Å². The number of amidine groups is 1. The minimum absolute atomic E-state index is 0.0572. The summed E-state index contributed by atoms with van der Waals surface area (Å²) in [6.45, 7) is 5.42. The van der Waals surface area contributed by atoms with Gasteiger partial charge in [-0.15, -0.1) is 6.58 Å². The first-order valence-electron chi connectivity index (χ1n) is 8.95. The Bertz CT molecular complexity index is 584. The maximum Gasteiger partial charge on any atom is 0.244 e. The van der Waals surface area contributed by atoms with Crippen molar-refractivity contribution in [3.8, 4) is 0 Å². The summed E-state index contributed by atoms with van der Waals surface area (Å²) in [5.74, 6) is 1.65. The zero-order valence-electron chi connectivity index (χ0n) is 13.7. The normalized spacial score (nSPS) is 25.4. The smallest absolute Gasteiger partial charge is 0.244 e. The molecule has 1 amide bonds. The van der Waals surface area contributed by atoms with E-state index >= 15 is 0 Å². The van der Waals surface area contributed by atoms with Crippen molar-refractivity contribution in [1.29, 1.82) is 0 Å². The molecule has 0 spiro atoms. The molecule has 3 aliphatic carbocycles. The van der Waals surface area contributed by atoms with Crippen molar-refractivity contribution in [3.05, 3.63) is 24.0 Å². The first kappa shape index (κ1) is 14.8. The van der Waals surface area contributed by atoms with Gasteiger partial charge in [-0.1, -0.05) is 6.08 Å². The second-order valence-corrected chi connectivity index (χ2v) is 7.34. The summed E-state index contributed by atoms with van der Waals surface area (Å²) in [4.78, 5) is 19.6. The van der Waals surface area contributed by atoms with Crippen LogP contribution in [0.1, 0.15) is 51.4 Å². The zero-order valence-corrected chi connectivity index (χ0v) is 13.7. The molecule has 2 saturated carbocycles. The molecular weight excluding hydrogens is 288 g/mol. The number of carbonyl (C=O) groups is 1. The van der Waals surface area contributed by atoms with E-state index in [0.29, 0.717) is 5.92 Å². The van der Waals surface area contributed by atoms with Crippen LogP contribution in [-0.4, -0.2) is 29.7 Å². The van der Waals surface area contributed by atoms with Crippen LogP contribution in [0, 0.1) is 11.3 Å². The molecular formula is C18H26N4O. The van der Waals surface area contributed by atoms with E-state index in [1.165, 1.54) is 37.1 Å². The summed E-state index contributed by atoms with van der Waals surface area (Å²) < 4.78 is 0. The highest BCUT2D eigenvalue weighted by Gasteiger charge is 2.59. The second-order valence-electron chi connectivity index (χ2n) is 7.34. The topological polar surface area (TPSA) is 56.7 Å². The Hall–Kier alpha value is -1.78. The molecule has 0 aromatic heterocycles. The van der Waals surface area contributed by atoms with Gasteiger partial charge in [-0.3, -0.25) is 15.6 Å². The van der Waals surface area contributed by atoms with Gasteiger partial charge in [0.1, 0.15) is 5.84 Å². The maximum atomic E-state index is 12.5. The van der Waals surface area contributed by atoms with E-state index in [2.05, 4.69) is 22.3 Å². The average Bonchev–Trinajstić information content (AvgIpc) is 3.45. The van der Waals surface area contributed by atoms with Crippen LogP contribution in [0.25, 0.3) is 0 Å². The van der Waals surface area contributed by atoms with Gasteiger partial charge in [0.2, 0.25) is 5.91 Å². The lowest BCUT2D eigenvalue weighted by atomic mass is 9.99. The van der Waals surface area contributed by atoms with Crippen molar-refractivity contribution < 1.29 is 4.79 Å². The largest absolute Gasteiger partial charge is 0.362 e. The van der Waals surface area contributed by atoms with Crippen LogP contribution in [0.4, 0.5) is 0 Å². The molecule has 2 fully saturated rings. The van der Waals surface area contributed by atoms with Crippen LogP contribution in [0.2, 0.25) is 0 Å². The molecule has 4 rings (SSSR count). The number of allylic oxidation sites excluding steroid dienone is 2. The number of amides is 1. The Morgan fingerprint density at radius 2 is 2.13 bits per heavy atom. The van der Waals surface area contributed by atoms with Crippen LogP contribution in [-0.2, 0) is 4.79 Å². The number of carbonyl (C=O) groups excluding carboxylic acids is 1. The van der Waals surface area contributed by atoms with E-state index in [4.69, 9.17) is 4.99 Å². The Morgan fingerprint density at radius 3 is 2.83 bits per heavy atom. The molecule has 0 unspecified atom stereocenters. The van der Waals surface area contributed by atoms with Crippen molar-refractivity contribution in [2.75, 3.05) is 13.1 Å². The molecule has 2 N–H and O–H groups in total. The zero-order chi connectivity index (χ0) is 15.9. The number of nitrogens with one attached hydrogen (secondary N) is 2. The van der Waals surface area contributed by atoms with E-state index in [1.54, 1.807) is 0 Å². The lowest BCUT2D eigenvalue weighted by molar-refractivity contribution is -0.127. The summed E-state index contributed by atoms with van der Waals surface area (Å²) in [5, 5.41) is 0. The molecule has 0 atom stereocenters. The van der Waals surface area contributed by atoms with Gasteiger partial charge in [-0.25, -0.2) is 4.99 Å². The molecule has 0 radical (unpaired) electrons. The van der Waals surface area contributed by atoms with Crippen LogP contribution < -0.4 is 10.9 Å². The van der Waals surface area contributed by atoms with Crippen LogP contribution >= 0.6 is 0 Å². The highest BCUT2D eigenvalue weighted by molar-refractivity contribution is 5.91. The Kier molecular flexibility index (Phi) is 3.66. The minimum Gasteiger partial charge on any atom is -0.362 e. The summed E-state index contributed by atoms with van der Waals surface area (Å²) in [5.41, 5.74) is 8.54. The van der Waals surface area contributed by atoms with Crippen molar-refractivity contribution in [1.82, 2.24) is 15.8 Å². The van der Waals surface area contributed by atoms with E-state index in [1.807, 2.05) is 6.08 Å². The standard InChI is InChI=1S/C18H26N4O/c1-2-11-22-12-16(19-14-5-3-4-6-15(14)22)20-21-17(23)18(9-10-18)13-7-8-13/h2,13H,1,3-12H2,(H,19,20)(H,21,23). The quantitative estimate of drug-likeness (QED) is 0.619. The first-order valence-corrected chi connectivity index (χ1v) is 8.95. The van der Waals surface area contributed by atoms with Crippen molar-refractivity contribution >= 4 is 11.7 Å². The average molecular weight is 314 g/mol. The fourth-order valence-corrected chi connectivity index (χ4v) is 4.05. The number of hydrogen-bond acceptors (Lipinski definition) is 4. The third-order valence-electron chi connectivity index (χ3n) is 5.67. The highest BCUT2D eigenvalue weighted by Crippen LogP contribution is 2.61. The summed E-state index contributed by atoms with van der Waals surface area (Å²) in [6.07, 6.45) is 11.1. The van der Waals surface area contributed by atoms with Gasteiger partial charge in [-0.2, -0.15) is 0 Å². The van der Waals surface area contributed by atoms with Gasteiger partial charge in [0.25, 0.3) is 0 Å². The van der Waals surface area contributed by atoms with Crippen molar-refractivity contribution in [2.45, 2.75) is 51.4 Å². The number of hydrazine groups is 1. The van der Waals surface area contributed by atoms with E-state index in [-0.39, 0.29) is 11.3 Å². The first-order chi connectivity index (χ1) is 11.2. The molecule has 5 heteroatoms. The number of hydrogen-bond donors (Lipinski definition) is 2. The molecule has 0 saturated heterocycles. The molecule has 4 aliphatic rings. The molecule has 0 aromatic carbocycles.